The minimum absolute atomic E-state index is 0.00900. The number of hydrogen-bond donors (Lipinski definition) is 1. The summed E-state index contributed by atoms with van der Waals surface area (Å²) in [7, 11) is -3.51. The lowest BCUT2D eigenvalue weighted by Crippen LogP contribution is -2.44. The van der Waals surface area contributed by atoms with E-state index in [0.717, 1.165) is 23.6 Å². The van der Waals surface area contributed by atoms with Gasteiger partial charge in [-0.25, -0.2) is 8.42 Å². The molecule has 1 aromatic heterocycles. The monoisotopic (exact) mass is 319 g/mol. The van der Waals surface area contributed by atoms with Gasteiger partial charge in [0.05, 0.1) is 4.90 Å². The van der Waals surface area contributed by atoms with Crippen molar-refractivity contribution < 1.29 is 8.42 Å². The van der Waals surface area contributed by atoms with Crippen molar-refractivity contribution in [2.75, 3.05) is 13.1 Å². The highest BCUT2D eigenvalue weighted by Crippen LogP contribution is 2.29. The molecule has 0 bridgehead atoms. The standard InChI is InChI=1S/C16H21N3O2S/c1-12(17)14-5-3-9-19(11-14)22(20,21)16-6-2-4-13-10-18-8-7-15(13)16/h2,4,6-8,10,12,14H,3,5,9,11,17H2,1H3. The Morgan fingerprint density at radius 2 is 2.18 bits per heavy atom. The Hall–Kier alpha value is -1.50. The van der Waals surface area contributed by atoms with E-state index in [9.17, 15) is 8.42 Å². The van der Waals surface area contributed by atoms with Crippen LogP contribution in [0.25, 0.3) is 10.8 Å². The molecular weight excluding hydrogens is 298 g/mol. The second-order valence-corrected chi connectivity index (χ2v) is 7.88. The average molecular weight is 319 g/mol. The molecule has 0 saturated carbocycles. The van der Waals surface area contributed by atoms with Gasteiger partial charge >= 0.3 is 0 Å². The van der Waals surface area contributed by atoms with Gasteiger partial charge in [0.15, 0.2) is 0 Å². The highest BCUT2D eigenvalue weighted by atomic mass is 32.2. The van der Waals surface area contributed by atoms with Gasteiger partial charge in [0.2, 0.25) is 10.0 Å². The van der Waals surface area contributed by atoms with Crippen molar-refractivity contribution in [1.82, 2.24) is 9.29 Å². The number of rotatable bonds is 3. The number of aromatic nitrogens is 1. The summed E-state index contributed by atoms with van der Waals surface area (Å²) in [6.07, 6.45) is 5.17. The van der Waals surface area contributed by atoms with Crippen LogP contribution in [0.4, 0.5) is 0 Å². The normalized spacial score (nSPS) is 21.8. The van der Waals surface area contributed by atoms with Crippen molar-refractivity contribution in [2.24, 2.45) is 11.7 Å². The topological polar surface area (TPSA) is 76.3 Å². The van der Waals surface area contributed by atoms with Crippen LogP contribution < -0.4 is 5.73 Å². The largest absolute Gasteiger partial charge is 0.328 e. The number of benzene rings is 1. The van der Waals surface area contributed by atoms with Crippen LogP contribution in [-0.4, -0.2) is 36.8 Å². The predicted molar refractivity (Wildman–Crippen MR) is 86.9 cm³/mol. The second-order valence-electron chi connectivity index (χ2n) is 5.98. The van der Waals surface area contributed by atoms with E-state index in [-0.39, 0.29) is 12.0 Å². The fraction of sp³-hybridized carbons (Fsp3) is 0.438. The lowest BCUT2D eigenvalue weighted by atomic mass is 9.93. The molecule has 2 unspecified atom stereocenters. The fourth-order valence-electron chi connectivity index (χ4n) is 3.08. The molecular formula is C16H21N3O2S. The molecule has 2 N–H and O–H groups in total. The van der Waals surface area contributed by atoms with Crippen molar-refractivity contribution in [3.05, 3.63) is 36.7 Å². The molecule has 1 aliphatic heterocycles. The summed E-state index contributed by atoms with van der Waals surface area (Å²) in [5.41, 5.74) is 5.97. The third-order valence-electron chi connectivity index (χ3n) is 4.42. The molecule has 0 radical (unpaired) electrons. The first-order valence-electron chi connectivity index (χ1n) is 7.58. The highest BCUT2D eigenvalue weighted by molar-refractivity contribution is 7.89. The summed E-state index contributed by atoms with van der Waals surface area (Å²) < 4.78 is 27.7. The fourth-order valence-corrected chi connectivity index (χ4v) is 4.83. The second kappa shape index (κ2) is 5.95. The Morgan fingerprint density at radius 3 is 2.95 bits per heavy atom. The Labute approximate surface area is 131 Å². The van der Waals surface area contributed by atoms with Crippen LogP contribution in [0.15, 0.2) is 41.6 Å². The molecule has 2 atom stereocenters. The van der Waals surface area contributed by atoms with E-state index >= 15 is 0 Å². The van der Waals surface area contributed by atoms with Gasteiger partial charge in [0, 0.05) is 42.3 Å². The summed E-state index contributed by atoms with van der Waals surface area (Å²) in [6.45, 7) is 3.01. The quantitative estimate of drug-likeness (QED) is 0.938. The lowest BCUT2D eigenvalue weighted by molar-refractivity contribution is 0.243. The summed E-state index contributed by atoms with van der Waals surface area (Å²) in [4.78, 5) is 4.42. The molecule has 1 aromatic carbocycles. The number of pyridine rings is 1. The average Bonchev–Trinajstić information content (AvgIpc) is 2.54. The summed E-state index contributed by atoms with van der Waals surface area (Å²) in [6, 6.07) is 7.09. The molecule has 1 fully saturated rings. The van der Waals surface area contributed by atoms with E-state index in [1.54, 1.807) is 34.9 Å². The molecule has 22 heavy (non-hydrogen) atoms. The van der Waals surface area contributed by atoms with Crippen LogP contribution >= 0.6 is 0 Å². The van der Waals surface area contributed by atoms with E-state index in [1.807, 2.05) is 13.0 Å². The van der Waals surface area contributed by atoms with E-state index in [0.29, 0.717) is 18.0 Å². The maximum Gasteiger partial charge on any atom is 0.243 e. The van der Waals surface area contributed by atoms with Gasteiger partial charge in [-0.3, -0.25) is 4.98 Å². The number of sulfonamides is 1. The van der Waals surface area contributed by atoms with Gasteiger partial charge < -0.3 is 5.73 Å². The Bertz CT molecular complexity index is 769. The van der Waals surface area contributed by atoms with E-state index < -0.39 is 10.0 Å². The molecule has 0 aliphatic carbocycles. The van der Waals surface area contributed by atoms with Gasteiger partial charge in [-0.1, -0.05) is 12.1 Å². The first-order valence-corrected chi connectivity index (χ1v) is 9.02. The molecule has 5 nitrogen and oxygen atoms in total. The van der Waals surface area contributed by atoms with E-state index in [2.05, 4.69) is 4.98 Å². The molecule has 0 amide bonds. The van der Waals surface area contributed by atoms with E-state index in [1.165, 1.54) is 0 Å². The smallest absolute Gasteiger partial charge is 0.243 e. The number of hydrogen-bond acceptors (Lipinski definition) is 4. The lowest BCUT2D eigenvalue weighted by Gasteiger charge is -2.34. The number of nitrogens with zero attached hydrogens (tertiary/aromatic N) is 2. The van der Waals surface area contributed by atoms with Crippen molar-refractivity contribution >= 4 is 20.8 Å². The SMILES string of the molecule is CC(N)C1CCCN(S(=O)(=O)c2cccc3cnccc23)C1. The summed E-state index contributed by atoms with van der Waals surface area (Å²) in [5.74, 6) is 0.222. The minimum atomic E-state index is -3.51. The molecule has 1 aliphatic rings. The molecule has 6 heteroatoms. The van der Waals surface area contributed by atoms with Crippen LogP contribution in [0.1, 0.15) is 19.8 Å². The minimum Gasteiger partial charge on any atom is -0.328 e. The summed E-state index contributed by atoms with van der Waals surface area (Å²) >= 11 is 0. The number of nitrogens with two attached hydrogens (primary N) is 1. The van der Waals surface area contributed by atoms with Crippen LogP contribution in [0.3, 0.4) is 0 Å². The maximum absolute atomic E-state index is 13.0. The van der Waals surface area contributed by atoms with Crippen molar-refractivity contribution in [2.45, 2.75) is 30.7 Å². The van der Waals surface area contributed by atoms with Crippen LogP contribution in [0.5, 0.6) is 0 Å². The Balaban J connectivity index is 2.01. The van der Waals surface area contributed by atoms with Gasteiger partial charge in [0.1, 0.15) is 0 Å². The third kappa shape index (κ3) is 2.74. The van der Waals surface area contributed by atoms with Crippen molar-refractivity contribution in [3.63, 3.8) is 0 Å². The Morgan fingerprint density at radius 1 is 1.36 bits per heavy atom. The van der Waals surface area contributed by atoms with Gasteiger partial charge in [-0.05, 0) is 37.8 Å². The molecule has 0 spiro atoms. The summed E-state index contributed by atoms with van der Waals surface area (Å²) in [5, 5.41) is 1.56. The predicted octanol–water partition coefficient (Wildman–Crippen LogP) is 1.98. The van der Waals surface area contributed by atoms with E-state index in [4.69, 9.17) is 5.73 Å². The number of fused-ring (bicyclic) bond motifs is 1. The maximum atomic E-state index is 13.0. The zero-order valence-corrected chi connectivity index (χ0v) is 13.5. The van der Waals surface area contributed by atoms with Gasteiger partial charge in [-0.15, -0.1) is 0 Å². The molecule has 1 saturated heterocycles. The van der Waals surface area contributed by atoms with Crippen LogP contribution in [0, 0.1) is 5.92 Å². The highest BCUT2D eigenvalue weighted by Gasteiger charge is 2.32. The Kier molecular flexibility index (Phi) is 4.16. The van der Waals surface area contributed by atoms with Crippen molar-refractivity contribution in [1.29, 1.82) is 0 Å². The van der Waals surface area contributed by atoms with Crippen LogP contribution in [0.2, 0.25) is 0 Å². The van der Waals surface area contributed by atoms with Gasteiger partial charge in [-0.2, -0.15) is 4.31 Å². The third-order valence-corrected chi connectivity index (χ3v) is 6.35. The van der Waals surface area contributed by atoms with Crippen LogP contribution in [-0.2, 0) is 10.0 Å². The molecule has 3 rings (SSSR count). The van der Waals surface area contributed by atoms with Gasteiger partial charge in [0.25, 0.3) is 0 Å². The molecule has 2 heterocycles. The molecule has 2 aromatic rings. The zero-order chi connectivity index (χ0) is 15.7. The van der Waals surface area contributed by atoms with Crippen molar-refractivity contribution in [3.8, 4) is 0 Å². The first-order chi connectivity index (χ1) is 10.5. The zero-order valence-electron chi connectivity index (χ0n) is 12.6. The molecule has 118 valence electrons. The number of piperidine rings is 1. The first kappa shape index (κ1) is 15.4.